The van der Waals surface area contributed by atoms with E-state index in [4.69, 9.17) is 18.6 Å². The van der Waals surface area contributed by atoms with Crippen molar-refractivity contribution in [1.82, 2.24) is 14.9 Å². The summed E-state index contributed by atoms with van der Waals surface area (Å²) in [7, 11) is 4.84. The van der Waals surface area contributed by atoms with Gasteiger partial charge in [0.25, 0.3) is 0 Å². The van der Waals surface area contributed by atoms with Crippen LogP contribution in [0, 0.1) is 6.92 Å². The Hall–Kier alpha value is -4.20. The molecule has 0 spiro atoms. The summed E-state index contributed by atoms with van der Waals surface area (Å²) in [5.74, 6) is 1.82. The second kappa shape index (κ2) is 11.0. The van der Waals surface area contributed by atoms with Gasteiger partial charge in [0.15, 0.2) is 11.5 Å². The van der Waals surface area contributed by atoms with Crippen LogP contribution in [0.4, 0.5) is 0 Å². The van der Waals surface area contributed by atoms with Crippen molar-refractivity contribution in [3.8, 4) is 28.4 Å². The third-order valence-electron chi connectivity index (χ3n) is 6.17. The molecule has 1 amide bonds. The van der Waals surface area contributed by atoms with E-state index in [9.17, 15) is 4.79 Å². The van der Waals surface area contributed by atoms with Crippen molar-refractivity contribution in [1.29, 1.82) is 0 Å². The number of amides is 1. The van der Waals surface area contributed by atoms with E-state index in [2.05, 4.69) is 10.3 Å². The maximum Gasteiger partial charge on any atom is 0.244 e. The number of carbonyl (C=O) groups is 1. The minimum Gasteiger partial charge on any atom is -0.496 e. The fourth-order valence-electron chi connectivity index (χ4n) is 4.32. The molecule has 0 aliphatic carbocycles. The van der Waals surface area contributed by atoms with E-state index in [1.165, 1.54) is 0 Å². The number of hydrogen-bond acceptors (Lipinski definition) is 6. The molecule has 0 bridgehead atoms. The summed E-state index contributed by atoms with van der Waals surface area (Å²) in [5.41, 5.74) is 5.07. The Kier molecular flexibility index (Phi) is 7.63. The zero-order valence-electron chi connectivity index (χ0n) is 21.3. The number of aromatic nitrogens is 2. The molecular weight excluding hydrogens is 458 g/mol. The lowest BCUT2D eigenvalue weighted by Crippen LogP contribution is -2.23. The number of benzene rings is 2. The van der Waals surface area contributed by atoms with Crippen molar-refractivity contribution in [2.75, 3.05) is 27.9 Å². The number of ether oxygens (including phenoxy) is 3. The maximum atomic E-state index is 12.6. The fraction of sp³-hybridized carbons (Fsp3) is 0.286. The molecule has 8 heteroatoms. The number of nitrogens with one attached hydrogen (secondary N) is 1. The molecule has 2 heterocycles. The average Bonchev–Trinajstić information content (AvgIpc) is 3.56. The van der Waals surface area contributed by atoms with Gasteiger partial charge < -0.3 is 28.5 Å². The highest BCUT2D eigenvalue weighted by atomic mass is 16.5. The molecule has 0 radical (unpaired) electrons. The summed E-state index contributed by atoms with van der Waals surface area (Å²) in [4.78, 5) is 16.6. The number of carbonyl (C=O) groups excluding carboxylic acids is 1. The van der Waals surface area contributed by atoms with Gasteiger partial charge in [0.05, 0.1) is 33.9 Å². The minimum absolute atomic E-state index is 0.148. The van der Waals surface area contributed by atoms with Crippen molar-refractivity contribution in [3.63, 3.8) is 0 Å². The Morgan fingerprint density at radius 1 is 1.14 bits per heavy atom. The first-order valence-corrected chi connectivity index (χ1v) is 11.7. The summed E-state index contributed by atoms with van der Waals surface area (Å²) in [6.45, 7) is 5.23. The first kappa shape index (κ1) is 24.9. The SMILES string of the molecule is COc1ccc(-c2coc3c(C)c(OC)c(/C(C)=C/C(=O)NCCCn4ccnc4)cc23)cc1OC. The molecule has 0 fully saturated rings. The van der Waals surface area contributed by atoms with Crippen molar-refractivity contribution >= 4 is 22.4 Å². The van der Waals surface area contributed by atoms with E-state index in [1.54, 1.807) is 46.2 Å². The molecule has 1 N–H and O–H groups in total. The quantitative estimate of drug-likeness (QED) is 0.242. The average molecular weight is 490 g/mol. The monoisotopic (exact) mass is 489 g/mol. The molecule has 0 aliphatic heterocycles. The Labute approximate surface area is 210 Å². The molecule has 8 nitrogen and oxygen atoms in total. The van der Waals surface area contributed by atoms with Crippen LogP contribution in [0.15, 0.2) is 59.7 Å². The van der Waals surface area contributed by atoms with Crippen LogP contribution in [0.3, 0.4) is 0 Å². The fourth-order valence-corrected chi connectivity index (χ4v) is 4.32. The standard InChI is InChI=1S/C28H31N3O5/c1-18(13-26(32)30-9-6-11-31-12-10-29-17-31)21-15-22-23(16-36-28(22)19(2)27(21)35-5)20-7-8-24(33-3)25(14-20)34-4/h7-8,10,12-17H,6,9,11H2,1-5H3,(H,30,32)/b18-13+. The predicted octanol–water partition coefficient (Wildman–Crippen LogP) is 5.24. The minimum atomic E-state index is -0.148. The summed E-state index contributed by atoms with van der Waals surface area (Å²) in [6, 6.07) is 7.76. The van der Waals surface area contributed by atoms with Crippen LogP contribution in [0.5, 0.6) is 17.2 Å². The zero-order valence-corrected chi connectivity index (χ0v) is 21.3. The van der Waals surface area contributed by atoms with E-state index >= 15 is 0 Å². The normalized spacial score (nSPS) is 11.5. The molecule has 0 atom stereocenters. The van der Waals surface area contributed by atoms with Crippen molar-refractivity contribution in [2.45, 2.75) is 26.8 Å². The number of imidazole rings is 1. The van der Waals surface area contributed by atoms with Gasteiger partial charge in [0.1, 0.15) is 11.3 Å². The van der Waals surface area contributed by atoms with Gasteiger partial charge in [0.2, 0.25) is 5.91 Å². The third kappa shape index (κ3) is 5.07. The number of hydrogen-bond donors (Lipinski definition) is 1. The van der Waals surface area contributed by atoms with Crippen LogP contribution in [0.2, 0.25) is 0 Å². The molecule has 2 aromatic carbocycles. The maximum absolute atomic E-state index is 12.6. The van der Waals surface area contributed by atoms with Gasteiger partial charge >= 0.3 is 0 Å². The highest BCUT2D eigenvalue weighted by Gasteiger charge is 2.19. The first-order valence-electron chi connectivity index (χ1n) is 11.7. The van der Waals surface area contributed by atoms with Gasteiger partial charge in [-0.3, -0.25) is 4.79 Å². The van der Waals surface area contributed by atoms with Gasteiger partial charge in [-0.15, -0.1) is 0 Å². The lowest BCUT2D eigenvalue weighted by molar-refractivity contribution is -0.116. The lowest BCUT2D eigenvalue weighted by Gasteiger charge is -2.14. The van der Waals surface area contributed by atoms with Crippen molar-refractivity contribution < 1.29 is 23.4 Å². The number of nitrogens with zero attached hydrogens (tertiary/aromatic N) is 2. The summed E-state index contributed by atoms with van der Waals surface area (Å²) < 4.78 is 24.5. The number of rotatable bonds is 10. The molecular formula is C28H31N3O5. The molecule has 36 heavy (non-hydrogen) atoms. The zero-order chi connectivity index (χ0) is 25.7. The van der Waals surface area contributed by atoms with E-state index in [0.29, 0.717) is 23.8 Å². The van der Waals surface area contributed by atoms with Crippen LogP contribution in [0.1, 0.15) is 24.5 Å². The van der Waals surface area contributed by atoms with E-state index in [1.807, 2.05) is 48.9 Å². The van der Waals surface area contributed by atoms with Crippen molar-refractivity contribution in [2.24, 2.45) is 0 Å². The van der Waals surface area contributed by atoms with Crippen molar-refractivity contribution in [3.05, 3.63) is 66.5 Å². The van der Waals surface area contributed by atoms with Crippen LogP contribution in [0.25, 0.3) is 27.7 Å². The second-order valence-electron chi connectivity index (χ2n) is 8.45. The predicted molar refractivity (Wildman–Crippen MR) is 140 cm³/mol. The van der Waals surface area contributed by atoms with Gasteiger partial charge in [-0.25, -0.2) is 4.98 Å². The highest BCUT2D eigenvalue weighted by molar-refractivity contribution is 6.01. The van der Waals surface area contributed by atoms with E-state index < -0.39 is 0 Å². The molecule has 0 unspecified atom stereocenters. The molecule has 0 aliphatic rings. The molecule has 0 saturated heterocycles. The second-order valence-corrected chi connectivity index (χ2v) is 8.45. The number of fused-ring (bicyclic) bond motifs is 1. The number of furan rings is 1. The molecule has 0 saturated carbocycles. The molecule has 2 aromatic heterocycles. The number of aryl methyl sites for hydroxylation is 2. The van der Waals surface area contributed by atoms with E-state index in [0.717, 1.165) is 51.8 Å². The third-order valence-corrected chi connectivity index (χ3v) is 6.17. The lowest BCUT2D eigenvalue weighted by atomic mass is 9.96. The number of allylic oxidation sites excluding steroid dienone is 1. The Balaban J connectivity index is 1.62. The largest absolute Gasteiger partial charge is 0.496 e. The highest BCUT2D eigenvalue weighted by Crippen LogP contribution is 2.42. The van der Waals surface area contributed by atoms with Crippen LogP contribution >= 0.6 is 0 Å². The Morgan fingerprint density at radius 3 is 2.64 bits per heavy atom. The smallest absolute Gasteiger partial charge is 0.244 e. The molecule has 4 aromatic rings. The summed E-state index contributed by atoms with van der Waals surface area (Å²) in [5, 5.41) is 3.88. The van der Waals surface area contributed by atoms with E-state index in [-0.39, 0.29) is 5.91 Å². The first-order chi connectivity index (χ1) is 17.5. The van der Waals surface area contributed by atoms with Crippen LogP contribution in [-0.2, 0) is 11.3 Å². The summed E-state index contributed by atoms with van der Waals surface area (Å²) in [6.07, 6.45) is 9.57. The number of methoxy groups -OCH3 is 3. The summed E-state index contributed by atoms with van der Waals surface area (Å²) >= 11 is 0. The van der Waals surface area contributed by atoms with Crippen LogP contribution in [-0.4, -0.2) is 43.3 Å². The van der Waals surface area contributed by atoms with Gasteiger partial charge in [-0.2, -0.15) is 0 Å². The van der Waals surface area contributed by atoms with Gasteiger partial charge in [-0.05, 0) is 49.6 Å². The molecule has 188 valence electrons. The Bertz CT molecular complexity index is 1390. The topological polar surface area (TPSA) is 87.8 Å². The Morgan fingerprint density at radius 2 is 1.94 bits per heavy atom. The van der Waals surface area contributed by atoms with Gasteiger partial charge in [-0.1, -0.05) is 6.07 Å². The molecule has 4 rings (SSSR count). The van der Waals surface area contributed by atoms with Gasteiger partial charge in [0, 0.05) is 53.6 Å². The van der Waals surface area contributed by atoms with Crippen LogP contribution < -0.4 is 19.5 Å².